The molecule has 2 rings (SSSR count). The van der Waals surface area contributed by atoms with Gasteiger partial charge in [0.25, 0.3) is 5.91 Å². The molecule has 1 heterocycles. The number of benzene rings is 1. The van der Waals surface area contributed by atoms with E-state index in [2.05, 4.69) is 36.4 Å². The molecule has 144 valence electrons. The molecule has 0 aliphatic rings. The topological polar surface area (TPSA) is 85.7 Å². The zero-order valence-electron chi connectivity index (χ0n) is 15.6. The van der Waals surface area contributed by atoms with Crippen LogP contribution in [0.1, 0.15) is 23.9 Å². The molecule has 2 aromatic rings. The summed E-state index contributed by atoms with van der Waals surface area (Å²) < 4.78 is 11.6. The van der Waals surface area contributed by atoms with Crippen LogP contribution in [0.25, 0.3) is 0 Å². The van der Waals surface area contributed by atoms with E-state index in [-0.39, 0.29) is 11.7 Å². The van der Waals surface area contributed by atoms with E-state index in [1.54, 1.807) is 19.4 Å². The number of hydrogen-bond donors (Lipinski definition) is 1. The molecule has 1 aromatic carbocycles. The second kappa shape index (κ2) is 10.3. The minimum absolute atomic E-state index is 0.177. The predicted octanol–water partition coefficient (Wildman–Crippen LogP) is 3.51. The molecule has 0 unspecified atom stereocenters. The van der Waals surface area contributed by atoms with Gasteiger partial charge in [0.1, 0.15) is 0 Å². The van der Waals surface area contributed by atoms with Crippen molar-refractivity contribution in [3.05, 3.63) is 39.6 Å². The SMILES string of the molecule is CCOc1c(Br)cc(/C=N\NC(=O)CSc2nc(C)cc(C)n2)cc1OC. The van der Waals surface area contributed by atoms with Crippen LogP contribution in [0.2, 0.25) is 0 Å². The summed E-state index contributed by atoms with van der Waals surface area (Å²) in [6.45, 7) is 6.22. The number of rotatable bonds is 8. The van der Waals surface area contributed by atoms with Gasteiger partial charge in [-0.3, -0.25) is 4.79 Å². The first-order chi connectivity index (χ1) is 12.9. The highest BCUT2D eigenvalue weighted by atomic mass is 79.9. The van der Waals surface area contributed by atoms with Gasteiger partial charge in [-0.2, -0.15) is 5.10 Å². The van der Waals surface area contributed by atoms with Crippen molar-refractivity contribution in [2.75, 3.05) is 19.5 Å². The minimum Gasteiger partial charge on any atom is -0.493 e. The summed E-state index contributed by atoms with van der Waals surface area (Å²) in [5, 5.41) is 4.56. The number of nitrogens with zero attached hydrogens (tertiary/aromatic N) is 3. The van der Waals surface area contributed by atoms with Crippen molar-refractivity contribution < 1.29 is 14.3 Å². The van der Waals surface area contributed by atoms with Gasteiger partial charge in [-0.25, -0.2) is 15.4 Å². The minimum atomic E-state index is -0.240. The molecule has 0 spiro atoms. The maximum atomic E-state index is 12.0. The van der Waals surface area contributed by atoms with Crippen LogP contribution in [0.15, 0.2) is 32.9 Å². The Morgan fingerprint density at radius 2 is 2.00 bits per heavy atom. The second-order valence-corrected chi connectivity index (χ2v) is 7.28. The Hall–Kier alpha value is -2.13. The molecular weight excluding hydrogens is 432 g/mol. The Morgan fingerprint density at radius 3 is 2.63 bits per heavy atom. The van der Waals surface area contributed by atoms with E-state index in [1.165, 1.54) is 11.8 Å². The number of thioether (sulfide) groups is 1. The molecule has 0 atom stereocenters. The number of aryl methyl sites for hydroxylation is 2. The molecule has 9 heteroatoms. The number of hydrogen-bond acceptors (Lipinski definition) is 7. The lowest BCUT2D eigenvalue weighted by molar-refractivity contribution is -0.118. The number of amides is 1. The first kappa shape index (κ1) is 21.2. The molecule has 1 N–H and O–H groups in total. The number of methoxy groups -OCH3 is 1. The summed E-state index contributed by atoms with van der Waals surface area (Å²) in [7, 11) is 1.57. The highest BCUT2D eigenvalue weighted by Gasteiger charge is 2.10. The van der Waals surface area contributed by atoms with E-state index >= 15 is 0 Å². The molecule has 1 amide bonds. The number of aromatic nitrogens is 2. The quantitative estimate of drug-likeness (QED) is 0.285. The molecule has 0 aliphatic carbocycles. The van der Waals surface area contributed by atoms with Gasteiger partial charge in [0, 0.05) is 11.4 Å². The van der Waals surface area contributed by atoms with E-state index in [0.717, 1.165) is 21.4 Å². The lowest BCUT2D eigenvalue weighted by Crippen LogP contribution is -2.19. The number of nitrogens with one attached hydrogen (secondary N) is 1. The molecule has 27 heavy (non-hydrogen) atoms. The van der Waals surface area contributed by atoms with Crippen molar-refractivity contribution in [1.82, 2.24) is 15.4 Å². The van der Waals surface area contributed by atoms with Crippen molar-refractivity contribution >= 4 is 39.8 Å². The summed E-state index contributed by atoms with van der Waals surface area (Å²) in [6, 6.07) is 5.50. The van der Waals surface area contributed by atoms with Crippen LogP contribution in [0.5, 0.6) is 11.5 Å². The molecule has 0 saturated carbocycles. The molecule has 0 fully saturated rings. The largest absolute Gasteiger partial charge is 0.493 e. The summed E-state index contributed by atoms with van der Waals surface area (Å²) in [6.07, 6.45) is 1.54. The van der Waals surface area contributed by atoms with Gasteiger partial charge in [-0.05, 0) is 60.5 Å². The first-order valence-corrected chi connectivity index (χ1v) is 9.98. The van der Waals surface area contributed by atoms with Gasteiger partial charge >= 0.3 is 0 Å². The van der Waals surface area contributed by atoms with Crippen LogP contribution in [-0.2, 0) is 4.79 Å². The summed E-state index contributed by atoms with van der Waals surface area (Å²) in [5.74, 6) is 1.15. The maximum Gasteiger partial charge on any atom is 0.250 e. The molecule has 0 saturated heterocycles. The Morgan fingerprint density at radius 1 is 1.30 bits per heavy atom. The van der Waals surface area contributed by atoms with Gasteiger partial charge in [0.2, 0.25) is 0 Å². The number of ether oxygens (including phenoxy) is 2. The Balaban J connectivity index is 1.94. The molecule has 7 nitrogen and oxygen atoms in total. The molecule has 0 bridgehead atoms. The van der Waals surface area contributed by atoms with Crippen molar-refractivity contribution in [2.45, 2.75) is 25.9 Å². The third-order valence-electron chi connectivity index (χ3n) is 3.24. The monoisotopic (exact) mass is 452 g/mol. The van der Waals surface area contributed by atoms with Gasteiger partial charge in [0.05, 0.1) is 30.2 Å². The lowest BCUT2D eigenvalue weighted by Gasteiger charge is -2.11. The normalized spacial score (nSPS) is 10.9. The van der Waals surface area contributed by atoms with Crippen molar-refractivity contribution in [3.63, 3.8) is 0 Å². The van der Waals surface area contributed by atoms with Crippen LogP contribution in [0.4, 0.5) is 0 Å². The number of carbonyl (C=O) groups excluding carboxylic acids is 1. The van der Waals surface area contributed by atoms with Gasteiger partial charge < -0.3 is 9.47 Å². The molecule has 0 radical (unpaired) electrons. The predicted molar refractivity (Wildman–Crippen MR) is 110 cm³/mol. The van der Waals surface area contributed by atoms with E-state index in [9.17, 15) is 4.79 Å². The Labute approximate surface area is 171 Å². The second-order valence-electron chi connectivity index (χ2n) is 5.48. The fourth-order valence-corrected chi connectivity index (χ4v) is 3.51. The van der Waals surface area contributed by atoms with Crippen LogP contribution >= 0.6 is 27.7 Å². The standard InChI is InChI=1S/C18H21BrN4O3S/c1-5-26-17-14(19)7-13(8-15(17)25-4)9-20-23-16(24)10-27-18-21-11(2)6-12(3)22-18/h6-9H,5,10H2,1-4H3,(H,23,24)/b20-9-. The van der Waals surface area contributed by atoms with Crippen molar-refractivity contribution in [3.8, 4) is 11.5 Å². The van der Waals surface area contributed by atoms with E-state index in [1.807, 2.05) is 32.9 Å². The average molecular weight is 453 g/mol. The summed E-state index contributed by atoms with van der Waals surface area (Å²) >= 11 is 4.72. The smallest absolute Gasteiger partial charge is 0.250 e. The average Bonchev–Trinajstić information content (AvgIpc) is 2.61. The van der Waals surface area contributed by atoms with Crippen LogP contribution in [0, 0.1) is 13.8 Å². The van der Waals surface area contributed by atoms with E-state index in [4.69, 9.17) is 9.47 Å². The number of halogens is 1. The van der Waals surface area contributed by atoms with Gasteiger partial charge in [-0.1, -0.05) is 11.8 Å². The number of hydrazone groups is 1. The maximum absolute atomic E-state index is 12.0. The zero-order valence-corrected chi connectivity index (χ0v) is 18.0. The van der Waals surface area contributed by atoms with Gasteiger partial charge in [0.15, 0.2) is 16.7 Å². The van der Waals surface area contributed by atoms with E-state index < -0.39 is 0 Å². The van der Waals surface area contributed by atoms with Gasteiger partial charge in [-0.15, -0.1) is 0 Å². The summed E-state index contributed by atoms with van der Waals surface area (Å²) in [5.41, 5.74) is 5.00. The fourth-order valence-electron chi connectivity index (χ4n) is 2.20. The third kappa shape index (κ3) is 6.51. The molecular formula is C18H21BrN4O3S. The van der Waals surface area contributed by atoms with E-state index in [0.29, 0.717) is 23.3 Å². The van der Waals surface area contributed by atoms with Crippen LogP contribution in [0.3, 0.4) is 0 Å². The highest BCUT2D eigenvalue weighted by Crippen LogP contribution is 2.36. The molecule has 0 aliphatic heterocycles. The van der Waals surface area contributed by atoms with Crippen LogP contribution in [-0.4, -0.2) is 41.6 Å². The van der Waals surface area contributed by atoms with Crippen LogP contribution < -0.4 is 14.9 Å². The zero-order chi connectivity index (χ0) is 19.8. The summed E-state index contributed by atoms with van der Waals surface area (Å²) in [4.78, 5) is 20.5. The van der Waals surface area contributed by atoms with Crippen molar-refractivity contribution in [1.29, 1.82) is 0 Å². The Kier molecular flexibility index (Phi) is 8.05. The first-order valence-electron chi connectivity index (χ1n) is 8.20. The number of carbonyl (C=O) groups is 1. The van der Waals surface area contributed by atoms with Crippen molar-refractivity contribution in [2.24, 2.45) is 5.10 Å². The third-order valence-corrected chi connectivity index (χ3v) is 4.67. The fraction of sp³-hybridized carbons (Fsp3) is 0.333. The highest BCUT2D eigenvalue weighted by molar-refractivity contribution is 9.10. The lowest BCUT2D eigenvalue weighted by atomic mass is 10.2. The molecule has 1 aromatic heterocycles. The Bertz CT molecular complexity index is 825.